The third kappa shape index (κ3) is 4.29. The maximum Gasteiger partial charge on any atom is 0.252 e. The van der Waals surface area contributed by atoms with Crippen LogP contribution in [0.5, 0.6) is 0 Å². The average molecular weight is 381 g/mol. The molecule has 142 valence electrons. The quantitative estimate of drug-likeness (QED) is 0.647. The molecule has 0 N–H and O–H groups in total. The molecule has 0 aliphatic carbocycles. The molecular formula is C17H23N3O5S. The summed E-state index contributed by atoms with van der Waals surface area (Å²) in [6.07, 6.45) is 2.39. The van der Waals surface area contributed by atoms with Gasteiger partial charge in [0.25, 0.3) is 5.89 Å². The topological polar surface area (TPSA) is 94.8 Å². The highest BCUT2D eigenvalue weighted by atomic mass is 32.2. The summed E-state index contributed by atoms with van der Waals surface area (Å²) in [5.41, 5.74) is 0. The van der Waals surface area contributed by atoms with Gasteiger partial charge in [-0.05, 0) is 25.0 Å². The van der Waals surface area contributed by atoms with Crippen molar-refractivity contribution in [1.82, 2.24) is 14.4 Å². The fraction of sp³-hybridized carbons (Fsp3) is 0.529. The van der Waals surface area contributed by atoms with Crippen LogP contribution in [0, 0.1) is 0 Å². The minimum Gasteiger partial charge on any atom is -0.382 e. The zero-order chi connectivity index (χ0) is 18.4. The van der Waals surface area contributed by atoms with Crippen LogP contribution < -0.4 is 0 Å². The monoisotopic (exact) mass is 381 g/mol. The Labute approximate surface area is 153 Å². The largest absolute Gasteiger partial charge is 0.382 e. The summed E-state index contributed by atoms with van der Waals surface area (Å²) >= 11 is 0. The molecule has 1 fully saturated rings. The van der Waals surface area contributed by atoms with E-state index < -0.39 is 16.1 Å². The molecule has 2 heterocycles. The number of sulfonamides is 1. The Balaban J connectivity index is 1.76. The zero-order valence-electron chi connectivity index (χ0n) is 14.7. The number of piperidine rings is 1. The van der Waals surface area contributed by atoms with Gasteiger partial charge < -0.3 is 14.0 Å². The highest BCUT2D eigenvalue weighted by Crippen LogP contribution is 2.34. The first-order chi connectivity index (χ1) is 12.6. The maximum absolute atomic E-state index is 13.0. The van der Waals surface area contributed by atoms with Crippen molar-refractivity contribution in [2.75, 3.05) is 26.9 Å². The van der Waals surface area contributed by atoms with Crippen LogP contribution in [0.1, 0.15) is 37.0 Å². The molecule has 0 spiro atoms. The Morgan fingerprint density at radius 1 is 1.23 bits per heavy atom. The molecule has 0 bridgehead atoms. The van der Waals surface area contributed by atoms with Crippen LogP contribution in [0.3, 0.4) is 0 Å². The van der Waals surface area contributed by atoms with E-state index in [2.05, 4.69) is 10.1 Å². The zero-order valence-corrected chi connectivity index (χ0v) is 15.5. The minimum atomic E-state index is -3.61. The van der Waals surface area contributed by atoms with E-state index in [1.807, 2.05) is 0 Å². The molecule has 8 nitrogen and oxygen atoms in total. The van der Waals surface area contributed by atoms with E-state index in [0.29, 0.717) is 37.9 Å². The van der Waals surface area contributed by atoms with Gasteiger partial charge in [0.1, 0.15) is 6.61 Å². The van der Waals surface area contributed by atoms with Gasteiger partial charge in [0.15, 0.2) is 5.82 Å². The van der Waals surface area contributed by atoms with Crippen molar-refractivity contribution in [2.45, 2.75) is 36.8 Å². The van der Waals surface area contributed by atoms with Crippen LogP contribution in [-0.2, 0) is 26.1 Å². The predicted octanol–water partition coefficient (Wildman–Crippen LogP) is 2.15. The summed E-state index contributed by atoms with van der Waals surface area (Å²) in [4.78, 5) is 4.62. The van der Waals surface area contributed by atoms with E-state index in [-0.39, 0.29) is 11.5 Å². The summed E-state index contributed by atoms with van der Waals surface area (Å²) in [6, 6.07) is 8.01. The lowest BCUT2D eigenvalue weighted by Gasteiger charge is -2.32. The molecule has 2 aromatic rings. The van der Waals surface area contributed by atoms with Crippen molar-refractivity contribution in [1.29, 1.82) is 0 Å². The second kappa shape index (κ2) is 8.72. The van der Waals surface area contributed by atoms with Gasteiger partial charge in [0, 0.05) is 13.7 Å². The number of nitrogens with zero attached hydrogens (tertiary/aromatic N) is 3. The summed E-state index contributed by atoms with van der Waals surface area (Å²) in [5, 5.41) is 3.99. The van der Waals surface area contributed by atoms with E-state index in [9.17, 15) is 8.42 Å². The van der Waals surface area contributed by atoms with Crippen LogP contribution in [0.15, 0.2) is 39.8 Å². The van der Waals surface area contributed by atoms with Crippen molar-refractivity contribution in [3.05, 3.63) is 42.0 Å². The third-order valence-electron chi connectivity index (χ3n) is 4.24. The molecule has 1 saturated heterocycles. The van der Waals surface area contributed by atoms with Gasteiger partial charge in [-0.1, -0.05) is 29.8 Å². The summed E-state index contributed by atoms with van der Waals surface area (Å²) in [6.45, 7) is 1.52. The van der Waals surface area contributed by atoms with Gasteiger partial charge in [-0.3, -0.25) is 0 Å². The SMILES string of the molecule is COCCOCc1nc(C2CCCCN2S(=O)(=O)c2ccccc2)no1. The normalized spacial score (nSPS) is 18.9. The number of hydrogen-bond acceptors (Lipinski definition) is 7. The van der Waals surface area contributed by atoms with Crippen molar-refractivity contribution < 1.29 is 22.4 Å². The summed E-state index contributed by atoms with van der Waals surface area (Å²) < 4.78 is 43.0. The van der Waals surface area contributed by atoms with E-state index >= 15 is 0 Å². The van der Waals surface area contributed by atoms with Gasteiger partial charge in [0.2, 0.25) is 10.0 Å². The summed E-state index contributed by atoms with van der Waals surface area (Å²) in [7, 11) is -2.01. The number of rotatable bonds is 8. The fourth-order valence-corrected chi connectivity index (χ4v) is 4.62. The van der Waals surface area contributed by atoms with Crippen molar-refractivity contribution in [2.24, 2.45) is 0 Å². The molecule has 1 aromatic carbocycles. The number of methoxy groups -OCH3 is 1. The Bertz CT molecular complexity index is 794. The van der Waals surface area contributed by atoms with Crippen LogP contribution >= 0.6 is 0 Å². The van der Waals surface area contributed by atoms with E-state index in [4.69, 9.17) is 14.0 Å². The minimum absolute atomic E-state index is 0.175. The Morgan fingerprint density at radius 2 is 2.04 bits per heavy atom. The van der Waals surface area contributed by atoms with E-state index in [1.54, 1.807) is 37.4 Å². The molecule has 0 amide bonds. The summed E-state index contributed by atoms with van der Waals surface area (Å²) in [5.74, 6) is 0.716. The first-order valence-electron chi connectivity index (χ1n) is 8.59. The number of aromatic nitrogens is 2. The second-order valence-corrected chi connectivity index (χ2v) is 7.92. The molecule has 1 unspecified atom stereocenters. The Kier molecular flexibility index (Phi) is 6.36. The lowest BCUT2D eigenvalue weighted by Crippen LogP contribution is -2.39. The number of ether oxygens (including phenoxy) is 2. The number of benzene rings is 1. The average Bonchev–Trinajstić information content (AvgIpc) is 3.15. The van der Waals surface area contributed by atoms with Gasteiger partial charge in [-0.15, -0.1) is 0 Å². The standard InChI is InChI=1S/C17H23N3O5S/c1-23-11-12-24-13-16-18-17(19-25-16)15-9-5-6-10-20(15)26(21,22)14-7-3-2-4-8-14/h2-4,7-8,15H,5-6,9-13H2,1H3. The highest BCUT2D eigenvalue weighted by Gasteiger charge is 2.36. The van der Waals surface area contributed by atoms with E-state index in [0.717, 1.165) is 12.8 Å². The second-order valence-electron chi connectivity index (χ2n) is 6.03. The molecule has 26 heavy (non-hydrogen) atoms. The van der Waals surface area contributed by atoms with Gasteiger partial charge in [-0.25, -0.2) is 8.42 Å². The molecule has 1 aliphatic rings. The van der Waals surface area contributed by atoms with Gasteiger partial charge in [0.05, 0.1) is 24.2 Å². The first kappa shape index (κ1) is 19.0. The van der Waals surface area contributed by atoms with Crippen LogP contribution in [0.2, 0.25) is 0 Å². The number of hydrogen-bond donors (Lipinski definition) is 0. The fourth-order valence-electron chi connectivity index (χ4n) is 2.94. The highest BCUT2D eigenvalue weighted by molar-refractivity contribution is 7.89. The molecule has 1 aromatic heterocycles. The molecule has 9 heteroatoms. The Hall–Kier alpha value is -1.81. The Morgan fingerprint density at radius 3 is 2.81 bits per heavy atom. The molecule has 1 aliphatic heterocycles. The third-order valence-corrected chi connectivity index (χ3v) is 6.17. The van der Waals surface area contributed by atoms with Crippen LogP contribution in [0.25, 0.3) is 0 Å². The van der Waals surface area contributed by atoms with Crippen molar-refractivity contribution in [3.63, 3.8) is 0 Å². The van der Waals surface area contributed by atoms with Crippen LogP contribution in [0.4, 0.5) is 0 Å². The molecule has 3 rings (SSSR count). The molecule has 0 saturated carbocycles. The van der Waals surface area contributed by atoms with E-state index in [1.165, 1.54) is 4.31 Å². The van der Waals surface area contributed by atoms with Gasteiger partial charge in [-0.2, -0.15) is 9.29 Å². The lowest BCUT2D eigenvalue weighted by molar-refractivity contribution is 0.0494. The maximum atomic E-state index is 13.0. The van der Waals surface area contributed by atoms with Crippen LogP contribution in [-0.4, -0.2) is 49.7 Å². The smallest absolute Gasteiger partial charge is 0.252 e. The predicted molar refractivity (Wildman–Crippen MR) is 92.8 cm³/mol. The molecule has 0 radical (unpaired) electrons. The first-order valence-corrected chi connectivity index (χ1v) is 10.0. The van der Waals surface area contributed by atoms with Crippen molar-refractivity contribution >= 4 is 10.0 Å². The van der Waals surface area contributed by atoms with Gasteiger partial charge >= 0.3 is 0 Å². The van der Waals surface area contributed by atoms with Crippen molar-refractivity contribution in [3.8, 4) is 0 Å². The lowest BCUT2D eigenvalue weighted by atomic mass is 10.0. The molecule has 1 atom stereocenters. The molecular weight excluding hydrogens is 358 g/mol.